The van der Waals surface area contributed by atoms with Gasteiger partial charge >= 0.3 is 6.18 Å². The molecular weight excluding hydrogens is 675 g/mol. The van der Waals surface area contributed by atoms with Gasteiger partial charge < -0.3 is 4.74 Å². The van der Waals surface area contributed by atoms with Crippen molar-refractivity contribution in [1.29, 1.82) is 0 Å². The Morgan fingerprint density at radius 3 is 2.55 bits per heavy atom. The Bertz CT molecular complexity index is 1820. The summed E-state index contributed by atoms with van der Waals surface area (Å²) >= 11 is 13.2. The fraction of sp³-hybridized carbons (Fsp3) is 0.0690. The lowest BCUT2D eigenvalue weighted by molar-refractivity contribution is -0.137. The largest absolute Gasteiger partial charge is 0.488 e. The molecule has 0 bridgehead atoms. The van der Waals surface area contributed by atoms with E-state index in [0.717, 1.165) is 31.3 Å². The van der Waals surface area contributed by atoms with E-state index in [1.165, 1.54) is 18.3 Å². The Labute approximate surface area is 248 Å². The van der Waals surface area contributed by atoms with E-state index in [1.807, 2.05) is 18.2 Å². The van der Waals surface area contributed by atoms with E-state index < -0.39 is 17.3 Å². The molecule has 0 aliphatic carbocycles. The van der Waals surface area contributed by atoms with E-state index in [1.54, 1.807) is 42.5 Å². The Morgan fingerprint density at radius 2 is 1.77 bits per heavy atom. The van der Waals surface area contributed by atoms with Crippen molar-refractivity contribution in [2.24, 2.45) is 5.10 Å². The van der Waals surface area contributed by atoms with Crippen LogP contribution in [0.2, 0.25) is 5.02 Å². The molecule has 0 N–H and O–H groups in total. The minimum atomic E-state index is -4.57. The van der Waals surface area contributed by atoms with Crippen LogP contribution in [0.5, 0.6) is 5.75 Å². The third-order valence-corrected chi connectivity index (χ3v) is 7.35. The lowest BCUT2D eigenvalue weighted by Crippen LogP contribution is -2.20. The normalized spacial score (nSPS) is 11.8. The molecule has 5 rings (SSSR count). The van der Waals surface area contributed by atoms with Crippen molar-refractivity contribution in [3.8, 4) is 17.1 Å². The van der Waals surface area contributed by atoms with Gasteiger partial charge in [-0.2, -0.15) is 22.9 Å². The smallest absolute Gasteiger partial charge is 0.416 e. The fourth-order valence-corrected chi connectivity index (χ4v) is 5.26. The third-order valence-electron chi connectivity index (χ3n) is 5.88. The van der Waals surface area contributed by atoms with Crippen molar-refractivity contribution < 1.29 is 17.9 Å². The molecule has 5 nitrogen and oxygen atoms in total. The molecule has 0 atom stereocenters. The summed E-state index contributed by atoms with van der Waals surface area (Å²) in [6.45, 7) is 0.225. The second-order valence-corrected chi connectivity index (χ2v) is 10.8. The highest BCUT2D eigenvalue weighted by molar-refractivity contribution is 9.11. The van der Waals surface area contributed by atoms with Gasteiger partial charge in [-0.15, -0.1) is 0 Å². The highest BCUT2D eigenvalue weighted by Gasteiger charge is 2.31. The van der Waals surface area contributed by atoms with Crippen molar-refractivity contribution in [2.45, 2.75) is 12.8 Å². The molecule has 1 heterocycles. The van der Waals surface area contributed by atoms with Gasteiger partial charge in [0.1, 0.15) is 12.4 Å². The molecule has 0 unspecified atom stereocenters. The monoisotopic (exact) mass is 689 g/mol. The molecule has 5 aromatic rings. The summed E-state index contributed by atoms with van der Waals surface area (Å²) in [7, 11) is 0. The molecule has 0 aliphatic heterocycles. The molecule has 0 radical (unpaired) electrons. The quantitative estimate of drug-likeness (QED) is 0.168. The second kappa shape index (κ2) is 11.6. The third kappa shape index (κ3) is 6.14. The van der Waals surface area contributed by atoms with Gasteiger partial charge in [0.05, 0.1) is 22.7 Å². The number of alkyl halides is 3. The van der Waals surface area contributed by atoms with Crippen LogP contribution < -0.4 is 10.3 Å². The zero-order valence-corrected chi connectivity index (χ0v) is 24.2. The molecule has 11 heteroatoms. The van der Waals surface area contributed by atoms with Crippen LogP contribution in [-0.4, -0.2) is 15.9 Å². The number of rotatable bonds is 6. The van der Waals surface area contributed by atoms with Gasteiger partial charge in [-0.1, -0.05) is 73.8 Å². The average Bonchev–Trinajstić information content (AvgIpc) is 2.92. The summed E-state index contributed by atoms with van der Waals surface area (Å²) in [5.41, 5.74) is 0.347. The summed E-state index contributed by atoms with van der Waals surface area (Å²) in [5.74, 6) is 0.389. The van der Waals surface area contributed by atoms with Crippen molar-refractivity contribution in [2.75, 3.05) is 0 Å². The van der Waals surface area contributed by atoms with E-state index in [9.17, 15) is 18.0 Å². The molecule has 0 aliphatic rings. The number of halogens is 6. The summed E-state index contributed by atoms with van der Waals surface area (Å²) in [6.07, 6.45) is -3.20. The first-order valence-electron chi connectivity index (χ1n) is 11.7. The first-order valence-corrected chi connectivity index (χ1v) is 13.7. The van der Waals surface area contributed by atoms with Gasteiger partial charge in [0.2, 0.25) is 0 Å². The zero-order chi connectivity index (χ0) is 28.4. The van der Waals surface area contributed by atoms with Crippen LogP contribution >= 0.6 is 43.5 Å². The van der Waals surface area contributed by atoms with Gasteiger partial charge in [0, 0.05) is 30.7 Å². The number of hydrogen-bond donors (Lipinski definition) is 0. The van der Waals surface area contributed by atoms with Crippen LogP contribution in [-0.2, 0) is 12.8 Å². The van der Waals surface area contributed by atoms with Crippen molar-refractivity contribution >= 4 is 60.6 Å². The molecule has 202 valence electrons. The number of nitrogens with zero attached hydrogens (tertiary/aromatic N) is 3. The number of aromatic nitrogens is 2. The Hall–Kier alpha value is -3.47. The molecule has 0 amide bonds. The topological polar surface area (TPSA) is 56.5 Å². The molecule has 1 aromatic heterocycles. The predicted octanol–water partition coefficient (Wildman–Crippen LogP) is 8.72. The number of hydrogen-bond acceptors (Lipinski definition) is 4. The number of fused-ring (bicyclic) bond motifs is 1. The highest BCUT2D eigenvalue weighted by Crippen LogP contribution is 2.32. The van der Waals surface area contributed by atoms with Gasteiger partial charge in [-0.3, -0.25) is 4.79 Å². The van der Waals surface area contributed by atoms with Crippen LogP contribution in [0.25, 0.3) is 22.3 Å². The number of para-hydroxylation sites is 1. The van der Waals surface area contributed by atoms with E-state index in [-0.39, 0.29) is 23.4 Å². The van der Waals surface area contributed by atoms with Crippen molar-refractivity contribution in [3.63, 3.8) is 0 Å². The minimum Gasteiger partial charge on any atom is -0.488 e. The van der Waals surface area contributed by atoms with E-state index in [4.69, 9.17) is 16.3 Å². The van der Waals surface area contributed by atoms with Gasteiger partial charge in [-0.05, 0) is 54.6 Å². The SMILES string of the molecule is O=c1c2ccccc2nc(-c2cccc(C(F)(F)F)c2)n1N=Cc1cc(Cl)ccc1OCc1ccc(Br)cc1Br. The zero-order valence-electron chi connectivity index (χ0n) is 20.3. The van der Waals surface area contributed by atoms with E-state index in [0.29, 0.717) is 21.9 Å². The van der Waals surface area contributed by atoms with Gasteiger partial charge in [0.25, 0.3) is 5.56 Å². The maximum atomic E-state index is 13.5. The number of benzene rings is 4. The molecule has 0 fully saturated rings. The predicted molar refractivity (Wildman–Crippen MR) is 157 cm³/mol. The second-order valence-electron chi connectivity index (χ2n) is 8.60. The molecule has 40 heavy (non-hydrogen) atoms. The van der Waals surface area contributed by atoms with Gasteiger partial charge in [0.15, 0.2) is 5.82 Å². The number of ether oxygens (including phenoxy) is 1. The molecule has 0 spiro atoms. The minimum absolute atomic E-state index is 0.0469. The standard InChI is InChI=1S/C29H17Br2ClF3N3O2/c30-21-9-8-18(24(31)14-21)16-40-26-11-10-22(32)13-19(26)15-36-38-27(17-4-3-5-20(12-17)29(33,34)35)37-25-7-2-1-6-23(25)28(38)39/h1-15H,16H2. The van der Waals surface area contributed by atoms with Crippen LogP contribution in [0, 0.1) is 0 Å². The van der Waals surface area contributed by atoms with E-state index in [2.05, 4.69) is 41.9 Å². The summed E-state index contributed by atoms with van der Waals surface area (Å²) in [6, 6.07) is 21.8. The van der Waals surface area contributed by atoms with Gasteiger partial charge in [-0.25, -0.2) is 4.98 Å². The van der Waals surface area contributed by atoms with E-state index >= 15 is 0 Å². The maximum Gasteiger partial charge on any atom is 0.416 e. The first kappa shape index (κ1) is 28.1. The van der Waals surface area contributed by atoms with Crippen LogP contribution in [0.15, 0.2) is 104 Å². The van der Waals surface area contributed by atoms with Crippen LogP contribution in [0.1, 0.15) is 16.7 Å². The molecule has 0 saturated carbocycles. The molecule has 0 saturated heterocycles. The lowest BCUT2D eigenvalue weighted by Gasteiger charge is -2.13. The maximum absolute atomic E-state index is 13.5. The fourth-order valence-electron chi connectivity index (χ4n) is 3.92. The van der Waals surface area contributed by atoms with Crippen LogP contribution in [0.4, 0.5) is 13.2 Å². The molecule has 4 aromatic carbocycles. The first-order chi connectivity index (χ1) is 19.1. The highest BCUT2D eigenvalue weighted by atomic mass is 79.9. The van der Waals surface area contributed by atoms with Crippen LogP contribution in [0.3, 0.4) is 0 Å². The lowest BCUT2D eigenvalue weighted by atomic mass is 10.1. The average molecular weight is 692 g/mol. The Morgan fingerprint density at radius 1 is 0.975 bits per heavy atom. The van der Waals surface area contributed by atoms with Crippen molar-refractivity contribution in [3.05, 3.63) is 126 Å². The Kier molecular flexibility index (Phi) is 8.11. The summed E-state index contributed by atoms with van der Waals surface area (Å²) in [5, 5.41) is 5.03. The van der Waals surface area contributed by atoms with Crippen molar-refractivity contribution in [1.82, 2.24) is 9.66 Å². The molecular formula is C29H17Br2ClF3N3O2. The Balaban J connectivity index is 1.59. The summed E-state index contributed by atoms with van der Waals surface area (Å²) < 4.78 is 49.1. The summed E-state index contributed by atoms with van der Waals surface area (Å²) in [4.78, 5) is 18.0.